The van der Waals surface area contributed by atoms with Crippen LogP contribution in [0.5, 0.6) is 0 Å². The molecular weight excluding hydrogens is 242 g/mol. The molecule has 0 aromatic heterocycles. The van der Waals surface area contributed by atoms with Gasteiger partial charge in [-0.2, -0.15) is 0 Å². The van der Waals surface area contributed by atoms with E-state index in [2.05, 4.69) is 30.4 Å². The number of hydrogen-bond donors (Lipinski definition) is 2. The minimum absolute atomic E-state index is 0.339. The first-order valence-electron chi connectivity index (χ1n) is 6.80. The highest BCUT2D eigenvalue weighted by Crippen LogP contribution is 2.08. The first kappa shape index (κ1) is 16.1. The van der Waals surface area contributed by atoms with E-state index in [0.29, 0.717) is 26.4 Å². The fourth-order valence-electron chi connectivity index (χ4n) is 1.87. The second-order valence-corrected chi connectivity index (χ2v) is 4.47. The lowest BCUT2D eigenvalue weighted by Gasteiger charge is -2.13. The summed E-state index contributed by atoms with van der Waals surface area (Å²) in [6.07, 6.45) is 0.547. The van der Waals surface area contributed by atoms with Crippen LogP contribution < -0.4 is 5.32 Å². The number of aliphatic hydroxyl groups excluding tert-OH is 1. The summed E-state index contributed by atoms with van der Waals surface area (Å²) in [5, 5.41) is 13.0. The molecule has 4 heteroatoms. The monoisotopic (exact) mass is 267 g/mol. The Hall–Kier alpha value is -0.940. The maximum Gasteiger partial charge on any atom is 0.0897 e. The van der Waals surface area contributed by atoms with Crippen LogP contribution in [0.15, 0.2) is 24.3 Å². The normalized spacial score (nSPS) is 12.6. The third-order valence-corrected chi connectivity index (χ3v) is 2.94. The van der Waals surface area contributed by atoms with Crippen LogP contribution in [0.1, 0.15) is 18.1 Å². The van der Waals surface area contributed by atoms with Crippen molar-refractivity contribution in [1.82, 2.24) is 5.32 Å². The van der Waals surface area contributed by atoms with Crippen molar-refractivity contribution in [1.29, 1.82) is 0 Å². The van der Waals surface area contributed by atoms with Gasteiger partial charge in [0.25, 0.3) is 0 Å². The lowest BCUT2D eigenvalue weighted by atomic mass is 10.1. The molecule has 0 aliphatic rings. The van der Waals surface area contributed by atoms with Crippen molar-refractivity contribution in [3.63, 3.8) is 0 Å². The van der Waals surface area contributed by atoms with Gasteiger partial charge in [-0.1, -0.05) is 31.2 Å². The Kier molecular flexibility index (Phi) is 8.41. The van der Waals surface area contributed by atoms with E-state index >= 15 is 0 Å². The smallest absolute Gasteiger partial charge is 0.0897 e. The average Bonchev–Trinajstić information content (AvgIpc) is 2.44. The number of benzene rings is 1. The third-order valence-electron chi connectivity index (χ3n) is 2.94. The summed E-state index contributed by atoms with van der Waals surface area (Å²) in [5.74, 6) is 0. The Bertz CT molecular complexity index is 344. The van der Waals surface area contributed by atoms with Crippen LogP contribution in [0.3, 0.4) is 0 Å². The van der Waals surface area contributed by atoms with Gasteiger partial charge in [0.15, 0.2) is 0 Å². The van der Waals surface area contributed by atoms with Crippen LogP contribution in [0.4, 0.5) is 0 Å². The largest absolute Gasteiger partial charge is 0.389 e. The van der Waals surface area contributed by atoms with E-state index in [0.717, 1.165) is 13.0 Å². The van der Waals surface area contributed by atoms with Gasteiger partial charge in [-0.25, -0.2) is 0 Å². The van der Waals surface area contributed by atoms with Gasteiger partial charge in [0.05, 0.1) is 25.9 Å². The van der Waals surface area contributed by atoms with Gasteiger partial charge in [-0.15, -0.1) is 0 Å². The van der Waals surface area contributed by atoms with Gasteiger partial charge in [0, 0.05) is 20.2 Å². The highest BCUT2D eigenvalue weighted by molar-refractivity contribution is 5.26. The zero-order valence-electron chi connectivity index (χ0n) is 11.9. The molecule has 1 unspecified atom stereocenters. The molecule has 1 aromatic rings. The van der Waals surface area contributed by atoms with Crippen molar-refractivity contribution in [3.05, 3.63) is 35.4 Å². The second kappa shape index (κ2) is 9.92. The number of rotatable bonds is 10. The Balaban J connectivity index is 2.18. The summed E-state index contributed by atoms with van der Waals surface area (Å²) < 4.78 is 10.1. The Morgan fingerprint density at radius 3 is 2.63 bits per heavy atom. The van der Waals surface area contributed by atoms with Crippen molar-refractivity contribution in [2.45, 2.75) is 26.0 Å². The summed E-state index contributed by atoms with van der Waals surface area (Å²) in [5.41, 5.74) is 2.64. The van der Waals surface area contributed by atoms with Crippen LogP contribution in [-0.4, -0.2) is 44.7 Å². The maximum absolute atomic E-state index is 9.72. The molecule has 2 N–H and O–H groups in total. The van der Waals surface area contributed by atoms with E-state index in [4.69, 9.17) is 9.47 Å². The van der Waals surface area contributed by atoms with Gasteiger partial charge in [0.2, 0.25) is 0 Å². The lowest BCUT2D eigenvalue weighted by Crippen LogP contribution is -2.30. The van der Waals surface area contributed by atoms with E-state index in [9.17, 15) is 5.11 Å². The predicted octanol–water partition coefficient (Wildman–Crippen LogP) is 1.36. The molecule has 1 atom stereocenters. The van der Waals surface area contributed by atoms with Crippen LogP contribution in [0.25, 0.3) is 0 Å². The number of hydrogen-bond acceptors (Lipinski definition) is 4. The van der Waals surface area contributed by atoms with Gasteiger partial charge >= 0.3 is 0 Å². The summed E-state index contributed by atoms with van der Waals surface area (Å²) in [4.78, 5) is 0. The molecule has 0 radical (unpaired) electrons. The molecule has 0 saturated carbocycles. The van der Waals surface area contributed by atoms with Crippen molar-refractivity contribution in [2.75, 3.05) is 33.5 Å². The molecule has 0 aliphatic carbocycles. The highest BCUT2D eigenvalue weighted by atomic mass is 16.5. The summed E-state index contributed by atoms with van der Waals surface area (Å²) in [6.45, 7) is 4.88. The zero-order chi connectivity index (χ0) is 13.9. The molecular formula is C15H25NO3. The molecule has 4 nitrogen and oxygen atoms in total. The van der Waals surface area contributed by atoms with E-state index in [1.165, 1.54) is 11.1 Å². The van der Waals surface area contributed by atoms with Gasteiger partial charge in [0.1, 0.15) is 0 Å². The fourth-order valence-corrected chi connectivity index (χ4v) is 1.87. The Morgan fingerprint density at radius 2 is 1.95 bits per heavy atom. The Morgan fingerprint density at radius 1 is 1.21 bits per heavy atom. The van der Waals surface area contributed by atoms with Crippen molar-refractivity contribution in [2.24, 2.45) is 0 Å². The molecule has 0 heterocycles. The van der Waals surface area contributed by atoms with Crippen LogP contribution in [0, 0.1) is 0 Å². The fraction of sp³-hybridized carbons (Fsp3) is 0.600. The summed E-state index contributed by atoms with van der Waals surface area (Å²) in [6, 6.07) is 8.36. The molecule has 0 amide bonds. The molecule has 0 spiro atoms. The lowest BCUT2D eigenvalue weighted by molar-refractivity contribution is 0.0137. The number of aliphatic hydroxyl groups is 1. The Labute approximate surface area is 115 Å². The number of ether oxygens (including phenoxy) is 2. The highest BCUT2D eigenvalue weighted by Gasteiger charge is 2.05. The molecule has 1 aromatic carbocycles. The molecule has 0 aliphatic heterocycles. The molecule has 0 fully saturated rings. The molecule has 0 bridgehead atoms. The first-order valence-corrected chi connectivity index (χ1v) is 6.80. The minimum atomic E-state index is -0.481. The van der Waals surface area contributed by atoms with Crippen LogP contribution >= 0.6 is 0 Å². The van der Waals surface area contributed by atoms with Gasteiger partial charge < -0.3 is 19.9 Å². The first-order chi connectivity index (χ1) is 9.27. The maximum atomic E-state index is 9.72. The van der Waals surface area contributed by atoms with Gasteiger partial charge in [-0.3, -0.25) is 0 Å². The van der Waals surface area contributed by atoms with E-state index < -0.39 is 6.10 Å². The number of methoxy groups -OCH3 is 1. The molecule has 0 saturated heterocycles. The van der Waals surface area contributed by atoms with Crippen LogP contribution in [-0.2, 0) is 22.4 Å². The molecule has 1 rings (SSSR count). The standard InChI is InChI=1S/C15H25NO3/c1-3-13-6-4-5-7-14(13)10-16-11-15(17)12-19-9-8-18-2/h4-7,15-17H,3,8-12H2,1-2H3. The van der Waals surface area contributed by atoms with Crippen molar-refractivity contribution < 1.29 is 14.6 Å². The quantitative estimate of drug-likeness (QED) is 0.629. The topological polar surface area (TPSA) is 50.7 Å². The summed E-state index contributed by atoms with van der Waals surface area (Å²) in [7, 11) is 1.63. The summed E-state index contributed by atoms with van der Waals surface area (Å²) >= 11 is 0. The third kappa shape index (κ3) is 6.68. The van der Waals surface area contributed by atoms with E-state index in [1.807, 2.05) is 6.07 Å². The van der Waals surface area contributed by atoms with Crippen molar-refractivity contribution >= 4 is 0 Å². The van der Waals surface area contributed by atoms with E-state index in [-0.39, 0.29) is 0 Å². The number of aryl methyl sites for hydroxylation is 1. The minimum Gasteiger partial charge on any atom is -0.389 e. The molecule has 108 valence electrons. The molecule has 19 heavy (non-hydrogen) atoms. The van der Waals surface area contributed by atoms with Crippen molar-refractivity contribution in [3.8, 4) is 0 Å². The second-order valence-electron chi connectivity index (χ2n) is 4.47. The van der Waals surface area contributed by atoms with Gasteiger partial charge in [-0.05, 0) is 17.5 Å². The van der Waals surface area contributed by atoms with Crippen LogP contribution in [0.2, 0.25) is 0 Å². The van der Waals surface area contributed by atoms with E-state index in [1.54, 1.807) is 7.11 Å². The number of nitrogens with one attached hydrogen (secondary N) is 1. The predicted molar refractivity (Wildman–Crippen MR) is 76.2 cm³/mol. The average molecular weight is 267 g/mol. The SMILES string of the molecule is CCc1ccccc1CNCC(O)COCCOC. The zero-order valence-corrected chi connectivity index (χ0v) is 11.9.